The summed E-state index contributed by atoms with van der Waals surface area (Å²) in [5.41, 5.74) is 10.6. The van der Waals surface area contributed by atoms with Gasteiger partial charge in [0.1, 0.15) is 11.0 Å². The van der Waals surface area contributed by atoms with Gasteiger partial charge in [0.25, 0.3) is 0 Å². The second-order valence-corrected chi connectivity index (χ2v) is 13.3. The van der Waals surface area contributed by atoms with E-state index in [1.807, 2.05) is 59.9 Å². The van der Waals surface area contributed by atoms with Crippen LogP contribution in [0.15, 0.2) is 173 Å². The molecule has 10 rings (SSSR count). The van der Waals surface area contributed by atoms with Crippen LogP contribution in [0.1, 0.15) is 0 Å². The number of fused-ring (bicyclic) bond motifs is 4. The number of hydrogen-bond acceptors (Lipinski definition) is 6. The molecular weight excluding hydrogens is 635 g/mol. The highest BCUT2D eigenvalue weighted by Gasteiger charge is 2.22. The molecule has 0 radical (unpaired) electrons. The lowest BCUT2D eigenvalue weighted by Gasteiger charge is -2.29. The van der Waals surface area contributed by atoms with E-state index in [0.717, 1.165) is 50.4 Å². The average Bonchev–Trinajstić information content (AvgIpc) is 3.94. The lowest BCUT2D eigenvalue weighted by molar-refractivity contribution is 0.619. The van der Waals surface area contributed by atoms with E-state index >= 15 is 0 Å². The zero-order valence-electron chi connectivity index (χ0n) is 26.7. The van der Waals surface area contributed by atoms with Crippen molar-refractivity contribution in [3.8, 4) is 43.8 Å². The summed E-state index contributed by atoms with van der Waals surface area (Å²) in [5.74, 6) is 1.20. The minimum Gasteiger partial charge on any atom is -0.436 e. The number of rotatable bonds is 6. The maximum atomic E-state index is 6.12. The van der Waals surface area contributed by atoms with E-state index in [4.69, 9.17) is 18.8 Å². The first-order valence-electron chi connectivity index (χ1n) is 16.5. The Balaban J connectivity index is 1.15. The first-order valence-corrected chi connectivity index (χ1v) is 17.3. The molecule has 6 aromatic carbocycles. The molecule has 1 aliphatic carbocycles. The van der Waals surface area contributed by atoms with Crippen molar-refractivity contribution in [3.63, 3.8) is 0 Å². The van der Waals surface area contributed by atoms with Crippen LogP contribution < -0.4 is 4.90 Å². The molecule has 0 amide bonds. The lowest BCUT2D eigenvalue weighted by Crippen LogP contribution is -2.11. The summed E-state index contributed by atoms with van der Waals surface area (Å²) in [6, 6.07) is 56.6. The second kappa shape index (κ2) is 11.6. The molecule has 1 aliphatic heterocycles. The van der Waals surface area contributed by atoms with Crippen molar-refractivity contribution in [2.45, 2.75) is 0 Å². The van der Waals surface area contributed by atoms with Gasteiger partial charge in [-0.15, -0.1) is 11.3 Å². The van der Waals surface area contributed by atoms with E-state index in [-0.39, 0.29) is 0 Å². The Labute approximate surface area is 291 Å². The van der Waals surface area contributed by atoms with Gasteiger partial charge in [-0.1, -0.05) is 72.8 Å². The molecule has 50 heavy (non-hydrogen) atoms. The highest BCUT2D eigenvalue weighted by molar-refractivity contribution is 7.18. The standard InChI is InChI=1S/C44H27N3O2S/c1-2-10-34-28(8-1)20-26-37(42(34)41-27-21-29-9-7-15-40(29)50-41)47(32-22-16-30(17-23-32)43-45-35-11-3-5-13-38(35)48-43)33-24-18-31(19-25-33)44-46-36-12-4-6-14-39(36)49-44/h1-27H. The summed E-state index contributed by atoms with van der Waals surface area (Å²) in [6.07, 6.45) is 0. The molecule has 0 saturated carbocycles. The Morgan fingerprint density at radius 1 is 0.440 bits per heavy atom. The molecule has 2 aromatic heterocycles. The van der Waals surface area contributed by atoms with Gasteiger partial charge in [-0.2, -0.15) is 0 Å². The largest absolute Gasteiger partial charge is 0.436 e. The van der Waals surface area contributed by atoms with Crippen LogP contribution in [0.4, 0.5) is 17.1 Å². The van der Waals surface area contributed by atoms with Gasteiger partial charge in [0.05, 0.1) is 5.69 Å². The second-order valence-electron chi connectivity index (χ2n) is 12.2. The van der Waals surface area contributed by atoms with Crippen molar-refractivity contribution in [1.29, 1.82) is 0 Å². The first-order chi connectivity index (χ1) is 24.7. The average molecular weight is 662 g/mol. The molecule has 3 heterocycles. The fourth-order valence-electron chi connectivity index (χ4n) is 6.73. The van der Waals surface area contributed by atoms with Gasteiger partial charge in [0.2, 0.25) is 11.8 Å². The third-order valence-corrected chi connectivity index (χ3v) is 10.3. The summed E-state index contributed by atoms with van der Waals surface area (Å²) in [4.78, 5) is 14.3. The molecule has 0 bridgehead atoms. The van der Waals surface area contributed by atoms with Crippen molar-refractivity contribution in [1.82, 2.24) is 9.97 Å². The number of oxazole rings is 2. The van der Waals surface area contributed by atoms with E-state index < -0.39 is 0 Å². The smallest absolute Gasteiger partial charge is 0.227 e. The maximum absolute atomic E-state index is 6.12. The third-order valence-electron chi connectivity index (χ3n) is 9.17. The molecule has 8 aromatic rings. The number of anilines is 3. The number of aromatic nitrogens is 2. The molecule has 236 valence electrons. The summed E-state index contributed by atoms with van der Waals surface area (Å²) in [7, 11) is 0. The van der Waals surface area contributed by atoms with Crippen LogP contribution in [-0.4, -0.2) is 9.97 Å². The van der Waals surface area contributed by atoms with E-state index in [1.54, 1.807) is 0 Å². The number of nitrogens with zero attached hydrogens (tertiary/aromatic N) is 3. The van der Waals surface area contributed by atoms with E-state index in [2.05, 4.69) is 120 Å². The topological polar surface area (TPSA) is 55.3 Å². The zero-order valence-corrected chi connectivity index (χ0v) is 27.5. The highest BCUT2D eigenvalue weighted by Crippen LogP contribution is 2.47. The first kappa shape index (κ1) is 28.5. The van der Waals surface area contributed by atoms with Crippen molar-refractivity contribution < 1.29 is 8.83 Å². The van der Waals surface area contributed by atoms with Gasteiger partial charge in [0, 0.05) is 37.8 Å². The van der Waals surface area contributed by atoms with Crippen LogP contribution in [0, 0.1) is 0 Å². The fraction of sp³-hybridized carbons (Fsp3) is 0. The molecule has 0 N–H and O–H groups in total. The van der Waals surface area contributed by atoms with Crippen molar-refractivity contribution in [2.24, 2.45) is 0 Å². The van der Waals surface area contributed by atoms with E-state index in [1.165, 1.54) is 31.7 Å². The SMILES string of the molecule is c1cc2ccc(-c3c(N(c4ccc(-c5nc6ccccc6o5)cc4)c4ccc(-c5nc6ccccc6o5)cc4)ccc4ccccc34)sc-2c1. The summed E-state index contributed by atoms with van der Waals surface area (Å²) in [5, 5.41) is 2.39. The summed E-state index contributed by atoms with van der Waals surface area (Å²) in [6.45, 7) is 0. The van der Waals surface area contributed by atoms with Crippen LogP contribution in [0.5, 0.6) is 0 Å². The molecule has 0 unspecified atom stereocenters. The Morgan fingerprint density at radius 3 is 1.66 bits per heavy atom. The number of para-hydroxylation sites is 4. The normalized spacial score (nSPS) is 11.6. The van der Waals surface area contributed by atoms with E-state index in [0.29, 0.717) is 11.8 Å². The minimum atomic E-state index is 0.600. The van der Waals surface area contributed by atoms with Gasteiger partial charge in [-0.25, -0.2) is 9.97 Å². The Bertz CT molecular complexity index is 2590. The zero-order chi connectivity index (χ0) is 33.0. The van der Waals surface area contributed by atoms with E-state index in [9.17, 15) is 0 Å². The van der Waals surface area contributed by atoms with Gasteiger partial charge in [-0.3, -0.25) is 0 Å². The van der Waals surface area contributed by atoms with Gasteiger partial charge in [0.15, 0.2) is 11.2 Å². The highest BCUT2D eigenvalue weighted by atomic mass is 32.1. The third kappa shape index (κ3) is 4.85. The fourth-order valence-corrected chi connectivity index (χ4v) is 7.82. The van der Waals surface area contributed by atoms with Gasteiger partial charge >= 0.3 is 0 Å². The monoisotopic (exact) mass is 661 g/mol. The number of hydrogen-bond donors (Lipinski definition) is 0. The van der Waals surface area contributed by atoms with Crippen LogP contribution >= 0.6 is 11.3 Å². The van der Waals surface area contributed by atoms with Crippen LogP contribution in [-0.2, 0) is 0 Å². The van der Waals surface area contributed by atoms with Crippen LogP contribution in [0.2, 0.25) is 0 Å². The van der Waals surface area contributed by atoms with Crippen LogP contribution in [0.25, 0.3) is 76.8 Å². The Hall–Kier alpha value is -6.50. The number of benzene rings is 6. The summed E-state index contributed by atoms with van der Waals surface area (Å²) < 4.78 is 12.2. The van der Waals surface area contributed by atoms with Gasteiger partial charge in [-0.05, 0) is 107 Å². The summed E-state index contributed by atoms with van der Waals surface area (Å²) >= 11 is 1.82. The molecule has 0 fully saturated rings. The molecular formula is C44H27N3O2S. The molecule has 6 heteroatoms. The molecule has 0 spiro atoms. The maximum Gasteiger partial charge on any atom is 0.227 e. The molecule has 5 nitrogen and oxygen atoms in total. The predicted molar refractivity (Wildman–Crippen MR) is 205 cm³/mol. The van der Waals surface area contributed by atoms with Crippen molar-refractivity contribution >= 4 is 61.4 Å². The van der Waals surface area contributed by atoms with Gasteiger partial charge < -0.3 is 13.7 Å². The van der Waals surface area contributed by atoms with Crippen molar-refractivity contribution in [3.05, 3.63) is 164 Å². The quantitative estimate of drug-likeness (QED) is 0.177. The van der Waals surface area contributed by atoms with Crippen molar-refractivity contribution in [2.75, 3.05) is 4.90 Å². The molecule has 0 atom stereocenters. The molecule has 0 saturated heterocycles. The Kier molecular flexibility index (Phi) is 6.60. The Morgan fingerprint density at radius 2 is 1.02 bits per heavy atom. The van der Waals surface area contributed by atoms with Crippen LogP contribution in [0.3, 0.4) is 0 Å². The molecule has 2 aliphatic rings. The predicted octanol–water partition coefficient (Wildman–Crippen LogP) is 12.8. The minimum absolute atomic E-state index is 0.600. The lowest BCUT2D eigenvalue weighted by atomic mass is 9.99.